The lowest BCUT2D eigenvalue weighted by Crippen LogP contribution is -2.49. The van der Waals surface area contributed by atoms with Crippen LogP contribution in [0.1, 0.15) is 60.5 Å². The van der Waals surface area contributed by atoms with Crippen molar-refractivity contribution >= 4 is 5.97 Å². The Balaban J connectivity index is 1.81. The van der Waals surface area contributed by atoms with E-state index in [1.54, 1.807) is 0 Å². The van der Waals surface area contributed by atoms with E-state index in [9.17, 15) is 9.90 Å². The molecule has 4 aliphatic carbocycles. The number of carboxylic acid groups (broad SMARTS) is 1. The SMILES string of the molecule is Cc1c(C(=O)O)nc(C23CC4CC(CC(C4)C2)C3)n1C. The highest BCUT2D eigenvalue weighted by Crippen LogP contribution is 2.60. The van der Waals surface area contributed by atoms with Crippen LogP contribution in [0.4, 0.5) is 0 Å². The van der Waals surface area contributed by atoms with E-state index in [0.717, 1.165) is 29.3 Å². The molecular weight excluding hydrogens is 252 g/mol. The molecule has 108 valence electrons. The van der Waals surface area contributed by atoms with Gasteiger partial charge in [-0.1, -0.05) is 0 Å². The van der Waals surface area contributed by atoms with E-state index in [1.807, 2.05) is 14.0 Å². The second-order valence-corrected chi connectivity index (χ2v) is 7.43. The molecule has 1 heterocycles. The smallest absolute Gasteiger partial charge is 0.356 e. The number of imidazole rings is 1. The Kier molecular flexibility index (Phi) is 2.40. The van der Waals surface area contributed by atoms with Gasteiger partial charge in [0.15, 0.2) is 5.69 Å². The highest BCUT2D eigenvalue weighted by atomic mass is 16.4. The van der Waals surface area contributed by atoms with Gasteiger partial charge in [0.25, 0.3) is 0 Å². The third-order valence-corrected chi connectivity index (χ3v) is 6.10. The van der Waals surface area contributed by atoms with Crippen LogP contribution in [0.25, 0.3) is 0 Å². The maximum Gasteiger partial charge on any atom is 0.356 e. The van der Waals surface area contributed by atoms with Crippen molar-refractivity contribution in [2.75, 3.05) is 0 Å². The Morgan fingerprint density at radius 1 is 1.20 bits per heavy atom. The van der Waals surface area contributed by atoms with Gasteiger partial charge in [-0.15, -0.1) is 0 Å². The topological polar surface area (TPSA) is 55.1 Å². The van der Waals surface area contributed by atoms with Crippen LogP contribution < -0.4 is 0 Å². The number of hydrogen-bond donors (Lipinski definition) is 1. The van der Waals surface area contributed by atoms with Crippen LogP contribution in [0.2, 0.25) is 0 Å². The summed E-state index contributed by atoms with van der Waals surface area (Å²) in [4.78, 5) is 15.9. The molecule has 0 spiro atoms. The molecule has 4 nitrogen and oxygen atoms in total. The van der Waals surface area contributed by atoms with E-state index in [4.69, 9.17) is 0 Å². The Bertz CT molecular complexity index is 552. The molecule has 0 aliphatic heterocycles. The second-order valence-electron chi connectivity index (χ2n) is 7.43. The molecule has 0 radical (unpaired) electrons. The molecule has 0 unspecified atom stereocenters. The molecule has 4 saturated carbocycles. The summed E-state index contributed by atoms with van der Waals surface area (Å²) < 4.78 is 2.05. The van der Waals surface area contributed by atoms with Gasteiger partial charge in [0, 0.05) is 18.2 Å². The minimum Gasteiger partial charge on any atom is -0.476 e. The van der Waals surface area contributed by atoms with Gasteiger partial charge in [0.1, 0.15) is 5.82 Å². The second kappa shape index (κ2) is 3.86. The van der Waals surface area contributed by atoms with Crippen molar-refractivity contribution in [3.8, 4) is 0 Å². The average molecular weight is 274 g/mol. The highest BCUT2D eigenvalue weighted by molar-refractivity contribution is 5.86. The maximum atomic E-state index is 11.3. The van der Waals surface area contributed by atoms with Crippen molar-refractivity contribution in [2.45, 2.75) is 50.9 Å². The first kappa shape index (κ1) is 12.4. The quantitative estimate of drug-likeness (QED) is 0.902. The monoisotopic (exact) mass is 274 g/mol. The van der Waals surface area contributed by atoms with Crippen LogP contribution in [0.3, 0.4) is 0 Å². The fourth-order valence-corrected chi connectivity index (χ4v) is 5.64. The Labute approximate surface area is 119 Å². The summed E-state index contributed by atoms with van der Waals surface area (Å²) in [6.45, 7) is 1.88. The minimum atomic E-state index is -0.894. The van der Waals surface area contributed by atoms with Gasteiger partial charge in [-0.25, -0.2) is 9.78 Å². The molecule has 5 rings (SSSR count). The first-order valence-corrected chi connectivity index (χ1v) is 7.75. The number of carbonyl (C=O) groups is 1. The number of hydrogen-bond acceptors (Lipinski definition) is 2. The average Bonchev–Trinajstić information content (AvgIpc) is 2.65. The van der Waals surface area contributed by atoms with E-state index >= 15 is 0 Å². The number of carboxylic acids is 1. The van der Waals surface area contributed by atoms with Gasteiger partial charge in [-0.2, -0.15) is 0 Å². The third kappa shape index (κ3) is 1.54. The zero-order chi connectivity index (χ0) is 14.1. The van der Waals surface area contributed by atoms with Crippen molar-refractivity contribution in [2.24, 2.45) is 24.8 Å². The normalized spacial score (nSPS) is 38.4. The van der Waals surface area contributed by atoms with Crippen LogP contribution in [-0.2, 0) is 12.5 Å². The van der Waals surface area contributed by atoms with E-state index in [2.05, 4.69) is 9.55 Å². The summed E-state index contributed by atoms with van der Waals surface area (Å²) >= 11 is 0. The number of aromatic carboxylic acids is 1. The van der Waals surface area contributed by atoms with Gasteiger partial charge in [-0.3, -0.25) is 0 Å². The Morgan fingerprint density at radius 3 is 2.10 bits per heavy atom. The molecule has 4 fully saturated rings. The first-order valence-electron chi connectivity index (χ1n) is 7.75. The molecule has 20 heavy (non-hydrogen) atoms. The summed E-state index contributed by atoms with van der Waals surface area (Å²) in [5.74, 6) is 2.71. The summed E-state index contributed by atoms with van der Waals surface area (Å²) in [5.41, 5.74) is 1.21. The number of aromatic nitrogens is 2. The van der Waals surface area contributed by atoms with E-state index in [0.29, 0.717) is 0 Å². The molecule has 4 bridgehead atoms. The minimum absolute atomic E-state index is 0.169. The van der Waals surface area contributed by atoms with E-state index < -0.39 is 5.97 Å². The van der Waals surface area contributed by atoms with E-state index in [-0.39, 0.29) is 11.1 Å². The van der Waals surface area contributed by atoms with Crippen molar-refractivity contribution < 1.29 is 9.90 Å². The molecule has 0 saturated heterocycles. The van der Waals surface area contributed by atoms with Gasteiger partial charge in [-0.05, 0) is 63.2 Å². The Morgan fingerprint density at radius 2 is 1.70 bits per heavy atom. The molecule has 1 aromatic rings. The van der Waals surface area contributed by atoms with Gasteiger partial charge < -0.3 is 9.67 Å². The van der Waals surface area contributed by atoms with Crippen LogP contribution in [0.15, 0.2) is 0 Å². The van der Waals surface area contributed by atoms with Crippen molar-refractivity contribution in [1.29, 1.82) is 0 Å². The van der Waals surface area contributed by atoms with Crippen LogP contribution in [0.5, 0.6) is 0 Å². The van der Waals surface area contributed by atoms with Gasteiger partial charge in [0.2, 0.25) is 0 Å². The highest BCUT2D eigenvalue weighted by Gasteiger charge is 2.53. The lowest BCUT2D eigenvalue weighted by Gasteiger charge is -2.56. The molecule has 0 amide bonds. The largest absolute Gasteiger partial charge is 0.476 e. The lowest BCUT2D eigenvalue weighted by molar-refractivity contribution is -0.0106. The lowest BCUT2D eigenvalue weighted by atomic mass is 9.49. The summed E-state index contributed by atoms with van der Waals surface area (Å²) in [5, 5.41) is 9.31. The fraction of sp³-hybridized carbons (Fsp3) is 0.750. The molecular formula is C16H22N2O2. The first-order chi connectivity index (χ1) is 9.48. The molecule has 0 atom stereocenters. The van der Waals surface area contributed by atoms with E-state index in [1.165, 1.54) is 38.5 Å². The predicted molar refractivity (Wildman–Crippen MR) is 74.8 cm³/mol. The van der Waals surface area contributed by atoms with Gasteiger partial charge in [0.05, 0.1) is 0 Å². The van der Waals surface area contributed by atoms with Crippen LogP contribution >= 0.6 is 0 Å². The summed E-state index contributed by atoms with van der Waals surface area (Å²) in [6.07, 6.45) is 7.87. The zero-order valence-electron chi connectivity index (χ0n) is 12.2. The molecule has 4 heteroatoms. The van der Waals surface area contributed by atoms with Gasteiger partial charge >= 0.3 is 5.97 Å². The van der Waals surface area contributed by atoms with Crippen molar-refractivity contribution in [3.05, 3.63) is 17.2 Å². The van der Waals surface area contributed by atoms with Crippen molar-refractivity contribution in [1.82, 2.24) is 9.55 Å². The fourth-order valence-electron chi connectivity index (χ4n) is 5.64. The van der Waals surface area contributed by atoms with Crippen LogP contribution in [0, 0.1) is 24.7 Å². The molecule has 1 N–H and O–H groups in total. The van der Waals surface area contributed by atoms with Crippen molar-refractivity contribution in [3.63, 3.8) is 0 Å². The maximum absolute atomic E-state index is 11.3. The Hall–Kier alpha value is -1.32. The zero-order valence-corrected chi connectivity index (χ0v) is 12.2. The van der Waals surface area contributed by atoms with Crippen LogP contribution in [-0.4, -0.2) is 20.6 Å². The number of nitrogens with zero attached hydrogens (tertiary/aromatic N) is 2. The number of rotatable bonds is 2. The summed E-state index contributed by atoms with van der Waals surface area (Å²) in [7, 11) is 1.99. The molecule has 4 aliphatic rings. The standard InChI is InChI=1S/C16H22N2O2/c1-9-13(14(19)20)17-15(18(9)2)16-6-10-3-11(7-16)5-12(4-10)8-16/h10-12H,3-8H2,1-2H3,(H,19,20). The predicted octanol–water partition coefficient (Wildman–Crippen LogP) is 2.89. The molecule has 0 aromatic carbocycles. The summed E-state index contributed by atoms with van der Waals surface area (Å²) in [6, 6.07) is 0. The molecule has 1 aromatic heterocycles. The third-order valence-electron chi connectivity index (χ3n) is 6.10.